The van der Waals surface area contributed by atoms with Gasteiger partial charge in [0.1, 0.15) is 0 Å². The summed E-state index contributed by atoms with van der Waals surface area (Å²) in [7, 11) is 1.80. The summed E-state index contributed by atoms with van der Waals surface area (Å²) in [5.74, 6) is 0.172. The molecule has 0 radical (unpaired) electrons. The van der Waals surface area contributed by atoms with Crippen molar-refractivity contribution in [1.82, 2.24) is 10.2 Å². The highest BCUT2D eigenvalue weighted by Gasteiger charge is 2.24. The van der Waals surface area contributed by atoms with Gasteiger partial charge in [-0.3, -0.25) is 14.9 Å². The lowest BCUT2D eigenvalue weighted by molar-refractivity contribution is -0.384. The highest BCUT2D eigenvalue weighted by atomic mass is 16.6. The second-order valence-corrected chi connectivity index (χ2v) is 5.25. The van der Waals surface area contributed by atoms with E-state index in [-0.39, 0.29) is 28.6 Å². The third-order valence-corrected chi connectivity index (χ3v) is 3.69. The molecule has 1 fully saturated rings. The maximum absolute atomic E-state index is 11.4. The van der Waals surface area contributed by atoms with Crippen LogP contribution in [0.25, 0.3) is 0 Å². The van der Waals surface area contributed by atoms with E-state index in [0.717, 1.165) is 12.0 Å². The first kappa shape index (κ1) is 14.5. The second kappa shape index (κ2) is 6.00. The molecule has 2 unspecified atom stereocenters. The Morgan fingerprint density at radius 3 is 2.90 bits per heavy atom. The lowest BCUT2D eigenvalue weighted by atomic mass is 10.0. The van der Waals surface area contributed by atoms with Gasteiger partial charge in [-0.2, -0.15) is 0 Å². The zero-order valence-electron chi connectivity index (χ0n) is 11.7. The van der Waals surface area contributed by atoms with Crippen molar-refractivity contribution in [3.8, 4) is 0 Å². The Kier molecular flexibility index (Phi) is 4.34. The fourth-order valence-corrected chi connectivity index (χ4v) is 2.51. The molecular weight excluding hydrogens is 258 g/mol. The smallest absolute Gasteiger partial charge is 0.269 e. The number of nitrogens with one attached hydrogen (secondary N) is 1. The van der Waals surface area contributed by atoms with Crippen LogP contribution in [0, 0.1) is 10.1 Å². The number of piperidine rings is 1. The predicted octanol–water partition coefficient (Wildman–Crippen LogP) is 1.87. The van der Waals surface area contributed by atoms with E-state index in [1.165, 1.54) is 6.07 Å². The molecule has 20 heavy (non-hydrogen) atoms. The van der Waals surface area contributed by atoms with Crippen LogP contribution in [0.3, 0.4) is 0 Å². The average molecular weight is 277 g/mol. The summed E-state index contributed by atoms with van der Waals surface area (Å²) in [6, 6.07) is 6.90. The van der Waals surface area contributed by atoms with Crippen molar-refractivity contribution in [2.75, 3.05) is 13.6 Å². The van der Waals surface area contributed by atoms with Gasteiger partial charge in [-0.15, -0.1) is 0 Å². The van der Waals surface area contributed by atoms with Gasteiger partial charge in [-0.25, -0.2) is 0 Å². The van der Waals surface area contributed by atoms with Crippen LogP contribution in [-0.2, 0) is 4.79 Å². The molecule has 1 saturated heterocycles. The first-order valence-corrected chi connectivity index (χ1v) is 6.71. The number of non-ortho nitro benzene ring substituents is 1. The van der Waals surface area contributed by atoms with Crippen molar-refractivity contribution in [2.24, 2.45) is 0 Å². The number of nitro benzene ring substituents is 1. The number of nitro groups is 1. The molecule has 0 spiro atoms. The number of hydrogen-bond acceptors (Lipinski definition) is 4. The Morgan fingerprint density at radius 1 is 1.50 bits per heavy atom. The van der Waals surface area contributed by atoms with E-state index in [1.54, 1.807) is 24.1 Å². The molecular formula is C14H19N3O3. The van der Waals surface area contributed by atoms with Gasteiger partial charge in [0.05, 0.1) is 4.92 Å². The summed E-state index contributed by atoms with van der Waals surface area (Å²) in [4.78, 5) is 23.6. The SMILES string of the molecule is CC(NC1CCC(=O)N(C)C1)c1cccc([N+](=O)[O-])c1. The van der Waals surface area contributed by atoms with Gasteiger partial charge in [0.2, 0.25) is 5.91 Å². The summed E-state index contributed by atoms with van der Waals surface area (Å²) in [5, 5.41) is 14.2. The molecule has 0 aromatic heterocycles. The van der Waals surface area contributed by atoms with Crippen molar-refractivity contribution in [3.05, 3.63) is 39.9 Å². The van der Waals surface area contributed by atoms with Gasteiger partial charge in [-0.1, -0.05) is 12.1 Å². The highest BCUT2D eigenvalue weighted by molar-refractivity contribution is 5.76. The predicted molar refractivity (Wildman–Crippen MR) is 75.3 cm³/mol. The molecule has 2 atom stereocenters. The molecule has 6 heteroatoms. The van der Waals surface area contributed by atoms with Gasteiger partial charge in [0.15, 0.2) is 0 Å². The molecule has 1 N–H and O–H groups in total. The fraction of sp³-hybridized carbons (Fsp3) is 0.500. The van der Waals surface area contributed by atoms with Crippen molar-refractivity contribution in [1.29, 1.82) is 0 Å². The van der Waals surface area contributed by atoms with Crippen molar-refractivity contribution < 1.29 is 9.72 Å². The van der Waals surface area contributed by atoms with Crippen LogP contribution in [0.2, 0.25) is 0 Å². The van der Waals surface area contributed by atoms with E-state index >= 15 is 0 Å². The zero-order valence-corrected chi connectivity index (χ0v) is 11.7. The van der Waals surface area contributed by atoms with E-state index in [0.29, 0.717) is 13.0 Å². The Balaban J connectivity index is 2.01. The zero-order chi connectivity index (χ0) is 14.7. The Hall–Kier alpha value is -1.95. The van der Waals surface area contributed by atoms with Gasteiger partial charge in [0.25, 0.3) is 5.69 Å². The number of carbonyl (C=O) groups excluding carboxylic acids is 1. The largest absolute Gasteiger partial charge is 0.344 e. The molecule has 1 heterocycles. The number of nitrogens with zero attached hydrogens (tertiary/aromatic N) is 2. The van der Waals surface area contributed by atoms with Gasteiger partial charge in [-0.05, 0) is 18.9 Å². The lowest BCUT2D eigenvalue weighted by Crippen LogP contribution is -2.47. The lowest BCUT2D eigenvalue weighted by Gasteiger charge is -2.32. The van der Waals surface area contributed by atoms with Crippen LogP contribution in [0.1, 0.15) is 31.4 Å². The van der Waals surface area contributed by atoms with Crippen molar-refractivity contribution >= 4 is 11.6 Å². The number of rotatable bonds is 4. The number of carbonyl (C=O) groups is 1. The van der Waals surface area contributed by atoms with Crippen molar-refractivity contribution in [2.45, 2.75) is 31.8 Å². The standard InChI is InChI=1S/C14H19N3O3/c1-10(11-4-3-5-13(8-11)17(19)20)15-12-6-7-14(18)16(2)9-12/h3-5,8,10,12,15H,6-7,9H2,1-2H3. The fourth-order valence-electron chi connectivity index (χ4n) is 2.51. The van der Waals surface area contributed by atoms with E-state index in [1.807, 2.05) is 13.0 Å². The van der Waals surface area contributed by atoms with Gasteiger partial charge < -0.3 is 10.2 Å². The van der Waals surface area contributed by atoms with Crippen LogP contribution in [0.15, 0.2) is 24.3 Å². The van der Waals surface area contributed by atoms with E-state index in [9.17, 15) is 14.9 Å². The van der Waals surface area contributed by atoms with Gasteiger partial charge in [0, 0.05) is 44.2 Å². The Bertz CT molecular complexity index is 518. The van der Waals surface area contributed by atoms with Crippen LogP contribution in [0.5, 0.6) is 0 Å². The topological polar surface area (TPSA) is 75.5 Å². The monoisotopic (exact) mass is 277 g/mol. The second-order valence-electron chi connectivity index (χ2n) is 5.25. The first-order chi connectivity index (χ1) is 9.47. The molecule has 2 rings (SSSR count). The Labute approximate surface area is 117 Å². The maximum atomic E-state index is 11.4. The minimum absolute atomic E-state index is 0.0153. The highest BCUT2D eigenvalue weighted by Crippen LogP contribution is 2.21. The summed E-state index contributed by atoms with van der Waals surface area (Å²) < 4.78 is 0. The quantitative estimate of drug-likeness (QED) is 0.673. The number of benzene rings is 1. The maximum Gasteiger partial charge on any atom is 0.269 e. The van der Waals surface area contributed by atoms with Crippen LogP contribution in [-0.4, -0.2) is 35.4 Å². The Morgan fingerprint density at radius 2 is 2.25 bits per heavy atom. The number of hydrogen-bond donors (Lipinski definition) is 1. The third kappa shape index (κ3) is 3.33. The van der Waals surface area contributed by atoms with E-state index in [4.69, 9.17) is 0 Å². The van der Waals surface area contributed by atoms with Crippen LogP contribution >= 0.6 is 0 Å². The summed E-state index contributed by atoms with van der Waals surface area (Å²) in [6.07, 6.45) is 1.36. The first-order valence-electron chi connectivity index (χ1n) is 6.71. The number of likely N-dealkylation sites (N-methyl/N-ethyl adjacent to an activating group) is 1. The molecule has 0 bridgehead atoms. The normalized spacial score (nSPS) is 20.8. The average Bonchev–Trinajstić information content (AvgIpc) is 2.43. The third-order valence-electron chi connectivity index (χ3n) is 3.69. The van der Waals surface area contributed by atoms with Crippen LogP contribution in [0.4, 0.5) is 5.69 Å². The molecule has 1 aliphatic heterocycles. The number of amides is 1. The summed E-state index contributed by atoms with van der Waals surface area (Å²) in [6.45, 7) is 2.66. The minimum atomic E-state index is -0.386. The summed E-state index contributed by atoms with van der Waals surface area (Å²) in [5.41, 5.74) is 0.992. The van der Waals surface area contributed by atoms with Crippen molar-refractivity contribution in [3.63, 3.8) is 0 Å². The van der Waals surface area contributed by atoms with Crippen LogP contribution < -0.4 is 5.32 Å². The molecule has 0 aliphatic carbocycles. The number of likely N-dealkylation sites (tertiary alicyclic amines) is 1. The van der Waals surface area contributed by atoms with E-state index < -0.39 is 0 Å². The summed E-state index contributed by atoms with van der Waals surface area (Å²) >= 11 is 0. The molecule has 1 aliphatic rings. The minimum Gasteiger partial charge on any atom is -0.344 e. The molecule has 1 amide bonds. The molecule has 108 valence electrons. The van der Waals surface area contributed by atoms with Gasteiger partial charge >= 0.3 is 0 Å². The molecule has 6 nitrogen and oxygen atoms in total. The van der Waals surface area contributed by atoms with E-state index in [2.05, 4.69) is 5.32 Å². The molecule has 0 saturated carbocycles. The molecule has 1 aromatic carbocycles. The molecule has 1 aromatic rings.